The molecule has 3 rings (SSSR count). The van der Waals surface area contributed by atoms with Crippen LogP contribution in [0.25, 0.3) is 0 Å². The third kappa shape index (κ3) is 2.27. The van der Waals surface area contributed by atoms with Gasteiger partial charge in [0, 0.05) is 30.1 Å². The first-order valence-electron chi connectivity index (χ1n) is 7.06. The highest BCUT2D eigenvalue weighted by Gasteiger charge is 2.26. The zero-order valence-corrected chi connectivity index (χ0v) is 12.3. The molecule has 0 saturated carbocycles. The van der Waals surface area contributed by atoms with E-state index in [2.05, 4.69) is 34.9 Å². The monoisotopic (exact) mass is 276 g/mol. The SMILES string of the molecule is CCC(CC)c1cc2n(n1)C(c1nccs1)CCN2. The summed E-state index contributed by atoms with van der Waals surface area (Å²) in [4.78, 5) is 4.46. The summed E-state index contributed by atoms with van der Waals surface area (Å²) in [6.07, 6.45) is 5.24. The third-order valence-electron chi connectivity index (χ3n) is 3.91. The first-order chi connectivity index (χ1) is 9.33. The van der Waals surface area contributed by atoms with E-state index in [-0.39, 0.29) is 0 Å². The molecule has 1 atom stereocenters. The first kappa shape index (κ1) is 12.7. The number of nitrogens with zero attached hydrogens (tertiary/aromatic N) is 3. The maximum atomic E-state index is 4.85. The van der Waals surface area contributed by atoms with Gasteiger partial charge in [0.2, 0.25) is 0 Å². The van der Waals surface area contributed by atoms with Crippen LogP contribution < -0.4 is 5.32 Å². The van der Waals surface area contributed by atoms with Crippen molar-refractivity contribution in [3.8, 4) is 0 Å². The lowest BCUT2D eigenvalue weighted by Gasteiger charge is -2.23. The quantitative estimate of drug-likeness (QED) is 0.927. The molecule has 5 heteroatoms. The summed E-state index contributed by atoms with van der Waals surface area (Å²) >= 11 is 1.72. The van der Waals surface area contributed by atoms with Crippen LogP contribution in [0.3, 0.4) is 0 Å². The number of nitrogens with one attached hydrogen (secondary N) is 1. The van der Waals surface area contributed by atoms with Gasteiger partial charge in [-0.3, -0.25) is 0 Å². The average molecular weight is 276 g/mol. The molecule has 1 aliphatic heterocycles. The van der Waals surface area contributed by atoms with E-state index in [0.717, 1.165) is 31.6 Å². The van der Waals surface area contributed by atoms with Crippen molar-refractivity contribution in [3.05, 3.63) is 28.3 Å². The zero-order valence-electron chi connectivity index (χ0n) is 11.5. The molecule has 3 heterocycles. The summed E-state index contributed by atoms with van der Waals surface area (Å²) in [6, 6.07) is 2.52. The Labute approximate surface area is 117 Å². The standard InChI is InChI=1S/C14H20N4S/c1-3-10(4-2)11-9-13-15-6-5-12(18(13)17-11)14-16-7-8-19-14/h7-10,12,15H,3-6H2,1-2H3. The molecule has 0 radical (unpaired) electrons. The molecule has 0 aliphatic carbocycles. The molecular formula is C14H20N4S. The van der Waals surface area contributed by atoms with Crippen molar-refractivity contribution in [1.82, 2.24) is 14.8 Å². The molecule has 2 aromatic heterocycles. The van der Waals surface area contributed by atoms with E-state index in [1.54, 1.807) is 11.3 Å². The van der Waals surface area contributed by atoms with Crippen molar-refractivity contribution < 1.29 is 0 Å². The molecular weight excluding hydrogens is 256 g/mol. The number of thiazole rings is 1. The lowest BCUT2D eigenvalue weighted by atomic mass is 10.00. The summed E-state index contributed by atoms with van der Waals surface area (Å²) in [5.74, 6) is 1.71. The molecule has 0 aromatic carbocycles. The zero-order chi connectivity index (χ0) is 13.2. The third-order valence-corrected chi connectivity index (χ3v) is 4.79. The second-order valence-electron chi connectivity index (χ2n) is 5.01. The van der Waals surface area contributed by atoms with Gasteiger partial charge in [-0.1, -0.05) is 13.8 Å². The summed E-state index contributed by atoms with van der Waals surface area (Å²) in [7, 11) is 0. The molecule has 0 spiro atoms. The van der Waals surface area contributed by atoms with Crippen LogP contribution >= 0.6 is 11.3 Å². The maximum Gasteiger partial charge on any atom is 0.125 e. The average Bonchev–Trinajstić information content (AvgIpc) is 3.08. The highest BCUT2D eigenvalue weighted by molar-refractivity contribution is 7.09. The van der Waals surface area contributed by atoms with Gasteiger partial charge < -0.3 is 5.32 Å². The van der Waals surface area contributed by atoms with Crippen LogP contribution in [0.15, 0.2) is 17.6 Å². The Kier molecular flexibility index (Phi) is 3.55. The van der Waals surface area contributed by atoms with Gasteiger partial charge in [0.05, 0.1) is 5.69 Å². The fraction of sp³-hybridized carbons (Fsp3) is 0.571. The normalized spacial score (nSPS) is 18.4. The van der Waals surface area contributed by atoms with Crippen molar-refractivity contribution in [2.24, 2.45) is 0 Å². The fourth-order valence-corrected chi connectivity index (χ4v) is 3.53. The van der Waals surface area contributed by atoms with Gasteiger partial charge in [-0.2, -0.15) is 5.10 Å². The van der Waals surface area contributed by atoms with Crippen LogP contribution in [-0.2, 0) is 0 Å². The molecule has 0 saturated heterocycles. The second kappa shape index (κ2) is 5.33. The molecule has 4 nitrogen and oxygen atoms in total. The molecule has 102 valence electrons. The summed E-state index contributed by atoms with van der Waals surface area (Å²) in [5.41, 5.74) is 1.22. The topological polar surface area (TPSA) is 42.7 Å². The fourth-order valence-electron chi connectivity index (χ4n) is 2.78. The molecule has 1 aliphatic rings. The second-order valence-corrected chi connectivity index (χ2v) is 5.94. The summed E-state index contributed by atoms with van der Waals surface area (Å²) in [6.45, 7) is 5.47. The van der Waals surface area contributed by atoms with Crippen LogP contribution in [0, 0.1) is 0 Å². The Bertz CT molecular complexity index is 528. The van der Waals surface area contributed by atoms with Crippen LogP contribution in [-0.4, -0.2) is 21.3 Å². The van der Waals surface area contributed by atoms with Crippen LogP contribution in [0.2, 0.25) is 0 Å². The van der Waals surface area contributed by atoms with Gasteiger partial charge in [0.1, 0.15) is 16.9 Å². The summed E-state index contributed by atoms with van der Waals surface area (Å²) in [5, 5.41) is 11.5. The van der Waals surface area contributed by atoms with Crippen molar-refractivity contribution in [1.29, 1.82) is 0 Å². The molecule has 19 heavy (non-hydrogen) atoms. The largest absolute Gasteiger partial charge is 0.370 e. The number of fused-ring (bicyclic) bond motifs is 1. The van der Waals surface area contributed by atoms with E-state index in [9.17, 15) is 0 Å². The predicted octanol–water partition coefficient (Wildman–Crippen LogP) is 3.65. The molecule has 2 aromatic rings. The Morgan fingerprint density at radius 1 is 1.47 bits per heavy atom. The Morgan fingerprint density at radius 2 is 2.32 bits per heavy atom. The lowest BCUT2D eigenvalue weighted by Crippen LogP contribution is -2.24. The maximum absolute atomic E-state index is 4.85. The minimum atomic E-state index is 0.305. The Balaban J connectivity index is 1.96. The highest BCUT2D eigenvalue weighted by atomic mass is 32.1. The van der Waals surface area contributed by atoms with Gasteiger partial charge in [-0.15, -0.1) is 11.3 Å². The van der Waals surface area contributed by atoms with Crippen molar-refractivity contribution in [3.63, 3.8) is 0 Å². The van der Waals surface area contributed by atoms with E-state index in [1.165, 1.54) is 10.7 Å². The summed E-state index contributed by atoms with van der Waals surface area (Å²) < 4.78 is 2.13. The molecule has 1 N–H and O–H groups in total. The molecule has 1 unspecified atom stereocenters. The molecule has 0 amide bonds. The number of hydrogen-bond donors (Lipinski definition) is 1. The molecule has 0 fully saturated rings. The predicted molar refractivity (Wildman–Crippen MR) is 78.9 cm³/mol. The minimum Gasteiger partial charge on any atom is -0.370 e. The highest BCUT2D eigenvalue weighted by Crippen LogP contribution is 2.33. The number of hydrogen-bond acceptors (Lipinski definition) is 4. The minimum absolute atomic E-state index is 0.305. The van der Waals surface area contributed by atoms with Crippen molar-refractivity contribution in [2.75, 3.05) is 11.9 Å². The smallest absolute Gasteiger partial charge is 0.125 e. The lowest BCUT2D eigenvalue weighted by molar-refractivity contribution is 0.469. The number of anilines is 1. The van der Waals surface area contributed by atoms with E-state index in [4.69, 9.17) is 5.10 Å². The van der Waals surface area contributed by atoms with Gasteiger partial charge >= 0.3 is 0 Å². The van der Waals surface area contributed by atoms with Gasteiger partial charge in [-0.25, -0.2) is 9.67 Å². The van der Waals surface area contributed by atoms with Crippen molar-refractivity contribution in [2.45, 2.75) is 45.1 Å². The van der Waals surface area contributed by atoms with E-state index < -0.39 is 0 Å². The van der Waals surface area contributed by atoms with Crippen LogP contribution in [0.5, 0.6) is 0 Å². The Hall–Kier alpha value is -1.36. The van der Waals surface area contributed by atoms with E-state index >= 15 is 0 Å². The Morgan fingerprint density at radius 3 is 3.00 bits per heavy atom. The van der Waals surface area contributed by atoms with E-state index in [1.807, 2.05) is 11.6 Å². The van der Waals surface area contributed by atoms with Gasteiger partial charge in [0.15, 0.2) is 0 Å². The van der Waals surface area contributed by atoms with Gasteiger partial charge in [-0.05, 0) is 19.3 Å². The van der Waals surface area contributed by atoms with E-state index in [0.29, 0.717) is 12.0 Å². The van der Waals surface area contributed by atoms with Crippen LogP contribution in [0.1, 0.15) is 55.8 Å². The number of rotatable bonds is 4. The van der Waals surface area contributed by atoms with Crippen LogP contribution in [0.4, 0.5) is 5.82 Å². The van der Waals surface area contributed by atoms with Crippen molar-refractivity contribution >= 4 is 17.2 Å². The first-order valence-corrected chi connectivity index (χ1v) is 7.94. The van der Waals surface area contributed by atoms with Gasteiger partial charge in [0.25, 0.3) is 0 Å². The number of aromatic nitrogens is 3. The molecule has 0 bridgehead atoms.